The maximum Gasteiger partial charge on any atom is 0.0438 e. The van der Waals surface area contributed by atoms with Crippen molar-refractivity contribution in [1.82, 2.24) is 5.32 Å². The summed E-state index contributed by atoms with van der Waals surface area (Å²) in [5.41, 5.74) is 2.49. The molecule has 0 amide bonds. The van der Waals surface area contributed by atoms with E-state index in [1.165, 1.54) is 11.1 Å². The molecule has 0 saturated heterocycles. The van der Waals surface area contributed by atoms with E-state index in [-0.39, 0.29) is 0 Å². The van der Waals surface area contributed by atoms with Crippen molar-refractivity contribution in [3.63, 3.8) is 0 Å². The minimum atomic E-state index is 0.397. The molecule has 21 heavy (non-hydrogen) atoms. The molecule has 1 unspecified atom stereocenters. The number of nitrogens with one attached hydrogen (secondary N) is 1. The fraction of sp³-hybridized carbons (Fsp3) is 0.333. The van der Waals surface area contributed by atoms with Crippen LogP contribution in [0.1, 0.15) is 30.4 Å². The first-order valence-corrected chi connectivity index (χ1v) is 8.16. The minimum Gasteiger partial charge on any atom is -0.316 e. The smallest absolute Gasteiger partial charge is 0.0438 e. The van der Waals surface area contributed by atoms with Crippen LogP contribution in [0, 0.1) is 0 Å². The maximum absolute atomic E-state index is 6.30. The predicted molar refractivity (Wildman–Crippen MR) is 92.5 cm³/mol. The monoisotopic (exact) mass is 321 g/mol. The van der Waals surface area contributed by atoms with Crippen molar-refractivity contribution in [2.24, 2.45) is 0 Å². The van der Waals surface area contributed by atoms with Gasteiger partial charge in [0.1, 0.15) is 0 Å². The fourth-order valence-corrected chi connectivity index (χ4v) is 2.76. The Bertz CT molecular complexity index is 551. The molecule has 2 rings (SSSR count). The summed E-state index contributed by atoms with van der Waals surface area (Å²) in [5.74, 6) is 0.397. The molecule has 0 heterocycles. The molecule has 1 N–H and O–H groups in total. The molecule has 0 radical (unpaired) electrons. The van der Waals surface area contributed by atoms with Crippen molar-refractivity contribution in [2.45, 2.75) is 25.7 Å². The normalized spacial score (nSPS) is 12.3. The first-order chi connectivity index (χ1) is 10.2. The van der Waals surface area contributed by atoms with E-state index in [4.69, 9.17) is 23.2 Å². The lowest BCUT2D eigenvalue weighted by molar-refractivity contribution is 0.576. The van der Waals surface area contributed by atoms with Crippen molar-refractivity contribution in [3.8, 4) is 0 Å². The van der Waals surface area contributed by atoms with Gasteiger partial charge in [-0.25, -0.2) is 0 Å². The summed E-state index contributed by atoms with van der Waals surface area (Å²) in [6.45, 7) is 4.16. The van der Waals surface area contributed by atoms with Gasteiger partial charge in [-0.1, -0.05) is 60.5 Å². The van der Waals surface area contributed by atoms with Crippen LogP contribution in [0.5, 0.6) is 0 Å². The van der Waals surface area contributed by atoms with Crippen molar-refractivity contribution < 1.29 is 0 Å². The van der Waals surface area contributed by atoms with Crippen LogP contribution in [-0.4, -0.2) is 13.1 Å². The van der Waals surface area contributed by atoms with Gasteiger partial charge >= 0.3 is 0 Å². The lowest BCUT2D eigenvalue weighted by Gasteiger charge is -2.19. The minimum absolute atomic E-state index is 0.397. The number of rotatable bonds is 7. The third-order valence-electron chi connectivity index (χ3n) is 3.58. The van der Waals surface area contributed by atoms with E-state index in [2.05, 4.69) is 30.4 Å². The second-order valence-electron chi connectivity index (χ2n) is 5.25. The van der Waals surface area contributed by atoms with Gasteiger partial charge in [-0.3, -0.25) is 0 Å². The van der Waals surface area contributed by atoms with Gasteiger partial charge in [0.15, 0.2) is 0 Å². The lowest BCUT2D eigenvalue weighted by Crippen LogP contribution is -2.23. The second kappa shape index (κ2) is 8.43. The quantitative estimate of drug-likeness (QED) is 0.680. The van der Waals surface area contributed by atoms with Crippen LogP contribution in [-0.2, 0) is 6.42 Å². The van der Waals surface area contributed by atoms with Crippen molar-refractivity contribution >= 4 is 23.2 Å². The molecule has 1 nitrogen and oxygen atoms in total. The van der Waals surface area contributed by atoms with Crippen LogP contribution in [0.3, 0.4) is 0 Å². The molecule has 0 bridgehead atoms. The second-order valence-corrected chi connectivity index (χ2v) is 6.09. The SMILES string of the molecule is CCCNCC(Cc1ccccc1Cl)c1ccc(Cl)cc1. The molecule has 3 heteroatoms. The average Bonchev–Trinajstić information content (AvgIpc) is 2.49. The van der Waals surface area contributed by atoms with Gasteiger partial charge in [0, 0.05) is 22.5 Å². The molecule has 2 aromatic carbocycles. The zero-order chi connectivity index (χ0) is 15.1. The van der Waals surface area contributed by atoms with Gasteiger partial charge in [-0.15, -0.1) is 0 Å². The summed E-state index contributed by atoms with van der Waals surface area (Å²) in [6, 6.07) is 16.2. The molecule has 0 fully saturated rings. The third-order valence-corrected chi connectivity index (χ3v) is 4.20. The Morgan fingerprint density at radius 3 is 2.38 bits per heavy atom. The molecule has 2 aromatic rings. The highest BCUT2D eigenvalue weighted by atomic mass is 35.5. The Hall–Kier alpha value is -1.02. The van der Waals surface area contributed by atoms with E-state index in [0.717, 1.165) is 36.0 Å². The lowest BCUT2D eigenvalue weighted by atomic mass is 9.92. The Morgan fingerprint density at radius 1 is 1.00 bits per heavy atom. The summed E-state index contributed by atoms with van der Waals surface area (Å²) in [5, 5.41) is 5.13. The Kier molecular flexibility index (Phi) is 6.56. The van der Waals surface area contributed by atoms with Gasteiger partial charge < -0.3 is 5.32 Å². The molecular formula is C18H21Cl2N. The van der Waals surface area contributed by atoms with E-state index in [0.29, 0.717) is 5.92 Å². The Morgan fingerprint density at radius 2 is 1.71 bits per heavy atom. The molecule has 0 aromatic heterocycles. The fourth-order valence-electron chi connectivity index (χ4n) is 2.43. The number of hydrogen-bond donors (Lipinski definition) is 1. The molecule has 112 valence electrons. The van der Waals surface area contributed by atoms with E-state index < -0.39 is 0 Å². The van der Waals surface area contributed by atoms with Gasteiger partial charge in [-0.05, 0) is 48.7 Å². The number of halogens is 2. The van der Waals surface area contributed by atoms with Crippen molar-refractivity contribution in [2.75, 3.05) is 13.1 Å². The van der Waals surface area contributed by atoms with E-state index in [9.17, 15) is 0 Å². The van der Waals surface area contributed by atoms with Crippen LogP contribution in [0.4, 0.5) is 0 Å². The first kappa shape index (κ1) is 16.4. The Balaban J connectivity index is 2.15. The summed E-state index contributed by atoms with van der Waals surface area (Å²) in [4.78, 5) is 0. The van der Waals surface area contributed by atoms with Crippen LogP contribution in [0.25, 0.3) is 0 Å². The van der Waals surface area contributed by atoms with Gasteiger partial charge in [0.05, 0.1) is 0 Å². The Labute approximate surface area is 137 Å². The van der Waals surface area contributed by atoms with E-state index in [1.54, 1.807) is 0 Å². The van der Waals surface area contributed by atoms with Crippen LogP contribution in [0.15, 0.2) is 48.5 Å². The molecule has 0 spiro atoms. The van der Waals surface area contributed by atoms with Gasteiger partial charge in [-0.2, -0.15) is 0 Å². The molecule has 0 aliphatic rings. The predicted octanol–water partition coefficient (Wildman–Crippen LogP) is 5.32. The van der Waals surface area contributed by atoms with E-state index >= 15 is 0 Å². The van der Waals surface area contributed by atoms with Crippen molar-refractivity contribution in [3.05, 3.63) is 69.7 Å². The molecule has 1 atom stereocenters. The number of hydrogen-bond acceptors (Lipinski definition) is 1. The summed E-state index contributed by atoms with van der Waals surface area (Å²) in [6.07, 6.45) is 2.07. The third kappa shape index (κ3) is 5.03. The molecule has 0 aliphatic carbocycles. The highest BCUT2D eigenvalue weighted by Gasteiger charge is 2.13. The molecular weight excluding hydrogens is 301 g/mol. The molecule has 0 aliphatic heterocycles. The molecule has 0 saturated carbocycles. The highest BCUT2D eigenvalue weighted by Crippen LogP contribution is 2.25. The highest BCUT2D eigenvalue weighted by molar-refractivity contribution is 6.31. The average molecular weight is 322 g/mol. The van der Waals surface area contributed by atoms with Crippen LogP contribution >= 0.6 is 23.2 Å². The summed E-state index contributed by atoms with van der Waals surface area (Å²) < 4.78 is 0. The van der Waals surface area contributed by atoms with Gasteiger partial charge in [0.25, 0.3) is 0 Å². The number of benzene rings is 2. The van der Waals surface area contributed by atoms with Crippen LogP contribution in [0.2, 0.25) is 10.0 Å². The zero-order valence-corrected chi connectivity index (χ0v) is 13.8. The van der Waals surface area contributed by atoms with Gasteiger partial charge in [0.2, 0.25) is 0 Å². The zero-order valence-electron chi connectivity index (χ0n) is 12.3. The summed E-state index contributed by atoms with van der Waals surface area (Å²) in [7, 11) is 0. The standard InChI is InChI=1S/C18H21Cl2N/c1-2-11-21-13-16(14-7-9-17(19)10-8-14)12-15-5-3-4-6-18(15)20/h3-10,16,21H,2,11-13H2,1H3. The maximum atomic E-state index is 6.30. The largest absolute Gasteiger partial charge is 0.316 e. The van der Waals surface area contributed by atoms with E-state index in [1.807, 2.05) is 30.3 Å². The van der Waals surface area contributed by atoms with Crippen LogP contribution < -0.4 is 5.32 Å². The summed E-state index contributed by atoms with van der Waals surface area (Å²) >= 11 is 12.3. The first-order valence-electron chi connectivity index (χ1n) is 7.40. The topological polar surface area (TPSA) is 12.0 Å². The van der Waals surface area contributed by atoms with Crippen molar-refractivity contribution in [1.29, 1.82) is 0 Å².